The summed E-state index contributed by atoms with van der Waals surface area (Å²) in [5, 5.41) is 13.1. The Bertz CT molecular complexity index is 886. The minimum Gasteiger partial charge on any atom is -0.493 e. The van der Waals surface area contributed by atoms with Crippen LogP contribution < -0.4 is 10.1 Å². The smallest absolute Gasteiger partial charge is 0.266 e. The lowest BCUT2D eigenvalue weighted by Crippen LogP contribution is -2.13. The second-order valence-corrected chi connectivity index (χ2v) is 6.46. The minimum absolute atomic E-state index is 0.0645. The Hall–Kier alpha value is -2.48. The number of halogens is 2. The van der Waals surface area contributed by atoms with E-state index in [9.17, 15) is 10.1 Å². The van der Waals surface area contributed by atoms with E-state index < -0.39 is 5.91 Å². The Kier molecular flexibility index (Phi) is 7.08. The molecule has 0 aliphatic rings. The molecule has 0 aromatic heterocycles. The van der Waals surface area contributed by atoms with Crippen molar-refractivity contribution in [1.82, 2.24) is 0 Å². The van der Waals surface area contributed by atoms with Crippen LogP contribution in [0.3, 0.4) is 0 Å². The SMILES string of the molecule is CCCOc1ccc(Cl)cc1/C=C(\C#N)C(=O)Nc1ccc(C)c(Cl)c1. The highest BCUT2D eigenvalue weighted by molar-refractivity contribution is 6.31. The van der Waals surface area contributed by atoms with Gasteiger partial charge < -0.3 is 10.1 Å². The van der Waals surface area contributed by atoms with Gasteiger partial charge in [0.05, 0.1) is 6.61 Å². The van der Waals surface area contributed by atoms with Gasteiger partial charge in [0.1, 0.15) is 17.4 Å². The van der Waals surface area contributed by atoms with Crippen LogP contribution in [-0.2, 0) is 4.79 Å². The summed E-state index contributed by atoms with van der Waals surface area (Å²) >= 11 is 12.1. The van der Waals surface area contributed by atoms with Crippen LogP contribution in [0.1, 0.15) is 24.5 Å². The topological polar surface area (TPSA) is 62.1 Å². The lowest BCUT2D eigenvalue weighted by atomic mass is 10.1. The Morgan fingerprint density at radius 2 is 2.04 bits per heavy atom. The molecule has 4 nitrogen and oxygen atoms in total. The van der Waals surface area contributed by atoms with Crippen LogP contribution in [0.25, 0.3) is 6.08 Å². The molecule has 0 heterocycles. The molecule has 0 saturated heterocycles. The summed E-state index contributed by atoms with van der Waals surface area (Å²) in [6, 6.07) is 12.1. The maximum absolute atomic E-state index is 12.4. The summed E-state index contributed by atoms with van der Waals surface area (Å²) in [5.41, 5.74) is 1.92. The zero-order valence-electron chi connectivity index (χ0n) is 14.5. The molecule has 2 rings (SSSR count). The van der Waals surface area contributed by atoms with Crippen molar-refractivity contribution in [3.8, 4) is 11.8 Å². The summed E-state index contributed by atoms with van der Waals surface area (Å²) in [6.45, 7) is 4.39. The number of carbonyl (C=O) groups excluding carboxylic acids is 1. The molecule has 1 N–H and O–H groups in total. The third-order valence-corrected chi connectivity index (χ3v) is 4.17. The molecule has 0 saturated carbocycles. The first-order valence-corrected chi connectivity index (χ1v) is 8.81. The van der Waals surface area contributed by atoms with E-state index in [-0.39, 0.29) is 5.57 Å². The van der Waals surface area contributed by atoms with Crippen LogP contribution in [0.2, 0.25) is 10.0 Å². The summed E-state index contributed by atoms with van der Waals surface area (Å²) < 4.78 is 5.65. The molecule has 6 heteroatoms. The number of amides is 1. The maximum Gasteiger partial charge on any atom is 0.266 e. The van der Waals surface area contributed by atoms with Crippen molar-refractivity contribution in [2.75, 3.05) is 11.9 Å². The largest absolute Gasteiger partial charge is 0.493 e. The first-order valence-electron chi connectivity index (χ1n) is 8.06. The fraction of sp³-hybridized carbons (Fsp3) is 0.200. The summed E-state index contributed by atoms with van der Waals surface area (Å²) in [6.07, 6.45) is 2.30. The molecule has 2 aromatic carbocycles. The van der Waals surface area contributed by atoms with Gasteiger partial charge in [0.15, 0.2) is 0 Å². The number of benzene rings is 2. The van der Waals surface area contributed by atoms with Crippen LogP contribution >= 0.6 is 23.2 Å². The van der Waals surface area contributed by atoms with Crippen molar-refractivity contribution in [2.45, 2.75) is 20.3 Å². The number of rotatable bonds is 6. The van der Waals surface area contributed by atoms with Crippen molar-refractivity contribution in [1.29, 1.82) is 5.26 Å². The summed E-state index contributed by atoms with van der Waals surface area (Å²) in [4.78, 5) is 12.4. The van der Waals surface area contributed by atoms with Gasteiger partial charge in [0.25, 0.3) is 5.91 Å². The Balaban J connectivity index is 2.29. The molecule has 0 aliphatic heterocycles. The Morgan fingerprint density at radius 1 is 1.27 bits per heavy atom. The standard InChI is InChI=1S/C20H18Cl2N2O2/c1-3-8-26-19-7-5-16(21)10-14(19)9-15(12-23)20(25)24-17-6-4-13(2)18(22)11-17/h4-7,9-11H,3,8H2,1-2H3,(H,24,25)/b15-9+. The number of nitrogens with zero attached hydrogens (tertiary/aromatic N) is 1. The molecule has 0 spiro atoms. The third kappa shape index (κ3) is 5.26. The Labute approximate surface area is 163 Å². The van der Waals surface area contributed by atoms with E-state index in [1.54, 1.807) is 36.4 Å². The number of hydrogen-bond acceptors (Lipinski definition) is 3. The lowest BCUT2D eigenvalue weighted by molar-refractivity contribution is -0.112. The van der Waals surface area contributed by atoms with E-state index in [2.05, 4.69) is 5.32 Å². The van der Waals surface area contributed by atoms with E-state index in [1.807, 2.05) is 19.9 Å². The predicted octanol–water partition coefficient (Wildman–Crippen LogP) is 5.64. The monoisotopic (exact) mass is 388 g/mol. The maximum atomic E-state index is 12.4. The van der Waals surface area contributed by atoms with E-state index in [1.165, 1.54) is 6.08 Å². The van der Waals surface area contributed by atoms with Crippen LogP contribution in [0.4, 0.5) is 5.69 Å². The van der Waals surface area contributed by atoms with Crippen LogP contribution in [0, 0.1) is 18.3 Å². The molecule has 0 atom stereocenters. The zero-order valence-corrected chi connectivity index (χ0v) is 16.0. The molecule has 26 heavy (non-hydrogen) atoms. The molecular formula is C20H18Cl2N2O2. The highest BCUT2D eigenvalue weighted by atomic mass is 35.5. The molecule has 0 aliphatic carbocycles. The second-order valence-electron chi connectivity index (χ2n) is 5.62. The number of ether oxygens (including phenoxy) is 1. The van der Waals surface area contributed by atoms with Gasteiger partial charge >= 0.3 is 0 Å². The third-order valence-electron chi connectivity index (χ3n) is 3.53. The molecule has 0 fully saturated rings. The highest BCUT2D eigenvalue weighted by Gasteiger charge is 2.12. The predicted molar refractivity (Wildman–Crippen MR) is 106 cm³/mol. The van der Waals surface area contributed by atoms with Gasteiger partial charge in [0.2, 0.25) is 0 Å². The summed E-state index contributed by atoms with van der Waals surface area (Å²) in [5.74, 6) is 0.0315. The van der Waals surface area contributed by atoms with E-state index in [4.69, 9.17) is 27.9 Å². The fourth-order valence-electron chi connectivity index (χ4n) is 2.15. The van der Waals surface area contributed by atoms with Gasteiger partial charge in [-0.05, 0) is 55.3 Å². The fourth-order valence-corrected chi connectivity index (χ4v) is 2.51. The molecular weight excluding hydrogens is 371 g/mol. The molecule has 0 bridgehead atoms. The molecule has 0 unspecified atom stereocenters. The molecule has 2 aromatic rings. The number of nitrogens with one attached hydrogen (secondary N) is 1. The second kappa shape index (κ2) is 9.28. The van der Waals surface area contributed by atoms with Gasteiger partial charge in [-0.25, -0.2) is 0 Å². The number of carbonyl (C=O) groups is 1. The quantitative estimate of drug-likeness (QED) is 0.514. The number of aryl methyl sites for hydroxylation is 1. The normalized spacial score (nSPS) is 11.0. The van der Waals surface area contributed by atoms with Crippen molar-refractivity contribution in [3.63, 3.8) is 0 Å². The van der Waals surface area contributed by atoms with Crippen molar-refractivity contribution >= 4 is 40.9 Å². The van der Waals surface area contributed by atoms with Gasteiger partial charge in [-0.3, -0.25) is 4.79 Å². The van der Waals surface area contributed by atoms with Gasteiger partial charge in [-0.2, -0.15) is 5.26 Å². The van der Waals surface area contributed by atoms with E-state index in [0.29, 0.717) is 33.7 Å². The average molecular weight is 389 g/mol. The number of hydrogen-bond donors (Lipinski definition) is 1. The van der Waals surface area contributed by atoms with Crippen LogP contribution in [0.5, 0.6) is 5.75 Å². The minimum atomic E-state index is -0.533. The highest BCUT2D eigenvalue weighted by Crippen LogP contribution is 2.26. The summed E-state index contributed by atoms with van der Waals surface area (Å²) in [7, 11) is 0. The first kappa shape index (κ1) is 19.8. The average Bonchev–Trinajstić information content (AvgIpc) is 2.62. The van der Waals surface area contributed by atoms with E-state index in [0.717, 1.165) is 12.0 Å². The Morgan fingerprint density at radius 3 is 2.69 bits per heavy atom. The zero-order chi connectivity index (χ0) is 19.1. The van der Waals surface area contributed by atoms with Gasteiger partial charge in [-0.15, -0.1) is 0 Å². The number of anilines is 1. The number of nitriles is 1. The van der Waals surface area contributed by atoms with Crippen LogP contribution in [0.15, 0.2) is 42.0 Å². The van der Waals surface area contributed by atoms with Crippen molar-refractivity contribution < 1.29 is 9.53 Å². The van der Waals surface area contributed by atoms with Crippen molar-refractivity contribution in [3.05, 3.63) is 63.1 Å². The van der Waals surface area contributed by atoms with E-state index >= 15 is 0 Å². The lowest BCUT2D eigenvalue weighted by Gasteiger charge is -2.10. The van der Waals surface area contributed by atoms with Gasteiger partial charge in [0, 0.05) is 21.3 Å². The molecule has 0 radical (unpaired) electrons. The first-order chi connectivity index (χ1) is 12.4. The molecule has 134 valence electrons. The molecule has 1 amide bonds. The van der Waals surface area contributed by atoms with Gasteiger partial charge in [-0.1, -0.05) is 36.2 Å². The van der Waals surface area contributed by atoms with Crippen LogP contribution in [-0.4, -0.2) is 12.5 Å². The van der Waals surface area contributed by atoms with Crippen molar-refractivity contribution in [2.24, 2.45) is 0 Å².